The van der Waals surface area contributed by atoms with E-state index in [1.807, 2.05) is 6.92 Å². The molecule has 0 aromatic rings. The number of aliphatic imine (C=N–C) groups is 1. The Labute approximate surface area is 89.6 Å². The molecule has 0 spiro atoms. The van der Waals surface area contributed by atoms with Crippen LogP contribution in [0.25, 0.3) is 0 Å². The van der Waals surface area contributed by atoms with Crippen LogP contribution in [0.4, 0.5) is 0 Å². The lowest BCUT2D eigenvalue weighted by Crippen LogP contribution is -2.13. The number of allylic oxidation sites excluding steroid dienone is 2. The summed E-state index contributed by atoms with van der Waals surface area (Å²) < 4.78 is 0. The molecule has 2 nitrogen and oxygen atoms in total. The molecule has 0 heterocycles. The summed E-state index contributed by atoms with van der Waals surface area (Å²) in [4.78, 5) is 3.82. The molecule has 0 radical (unpaired) electrons. The summed E-state index contributed by atoms with van der Waals surface area (Å²) >= 11 is 5.49. The number of hydrogen-bond donors (Lipinski definition) is 0. The third-order valence-electron chi connectivity index (χ3n) is 2.60. The second kappa shape index (κ2) is 4.97. The molecule has 0 aliphatic heterocycles. The zero-order valence-corrected chi connectivity index (χ0v) is 9.01. The first-order valence-electron chi connectivity index (χ1n) is 4.64. The van der Waals surface area contributed by atoms with Crippen LogP contribution in [-0.2, 0) is 0 Å². The van der Waals surface area contributed by atoms with Crippen molar-refractivity contribution >= 4 is 17.8 Å². The van der Waals surface area contributed by atoms with Crippen molar-refractivity contribution in [2.75, 3.05) is 0 Å². The predicted octanol–water partition coefficient (Wildman–Crippen LogP) is 3.41. The van der Waals surface area contributed by atoms with Crippen molar-refractivity contribution < 1.29 is 0 Å². The van der Waals surface area contributed by atoms with Gasteiger partial charge in [-0.25, -0.2) is 4.99 Å². The van der Waals surface area contributed by atoms with Crippen LogP contribution >= 0.6 is 11.6 Å². The molecule has 0 atom stereocenters. The molecule has 0 saturated heterocycles. The van der Waals surface area contributed by atoms with Crippen LogP contribution in [0.15, 0.2) is 27.9 Å². The summed E-state index contributed by atoms with van der Waals surface area (Å²) in [6, 6.07) is 2.14. The van der Waals surface area contributed by atoms with E-state index in [-0.39, 0.29) is 5.16 Å². The van der Waals surface area contributed by atoms with Crippen LogP contribution < -0.4 is 0 Å². The van der Waals surface area contributed by atoms with Gasteiger partial charge in [0.05, 0.1) is 5.57 Å². The summed E-state index contributed by atoms with van der Waals surface area (Å²) in [6.07, 6.45) is 5.14. The molecule has 14 heavy (non-hydrogen) atoms. The fourth-order valence-electron chi connectivity index (χ4n) is 1.41. The van der Waals surface area contributed by atoms with E-state index in [9.17, 15) is 0 Å². The second-order valence-electron chi connectivity index (χ2n) is 3.47. The fourth-order valence-corrected chi connectivity index (χ4v) is 1.46. The monoisotopic (exact) mass is 208 g/mol. The summed E-state index contributed by atoms with van der Waals surface area (Å²) in [7, 11) is 0. The van der Waals surface area contributed by atoms with E-state index >= 15 is 0 Å². The second-order valence-corrected chi connectivity index (χ2v) is 3.91. The molecule has 1 rings (SSSR count). The smallest absolute Gasteiger partial charge is 0.121 e. The van der Waals surface area contributed by atoms with Crippen molar-refractivity contribution in [3.8, 4) is 6.07 Å². The van der Waals surface area contributed by atoms with E-state index in [2.05, 4.69) is 17.6 Å². The van der Waals surface area contributed by atoms with E-state index in [0.717, 1.165) is 5.57 Å². The summed E-state index contributed by atoms with van der Waals surface area (Å²) in [5, 5.41) is 9.11. The molecule has 0 amide bonds. The van der Waals surface area contributed by atoms with Crippen molar-refractivity contribution in [2.45, 2.75) is 26.2 Å². The van der Waals surface area contributed by atoms with Crippen LogP contribution in [0.3, 0.4) is 0 Å². The van der Waals surface area contributed by atoms with E-state index in [4.69, 9.17) is 16.9 Å². The largest absolute Gasteiger partial charge is 0.244 e. The van der Waals surface area contributed by atoms with E-state index in [1.54, 1.807) is 0 Å². The van der Waals surface area contributed by atoms with Crippen LogP contribution in [0, 0.1) is 17.2 Å². The minimum atomic E-state index is 0.208. The third-order valence-corrected chi connectivity index (χ3v) is 2.69. The Hall–Kier alpha value is -1.07. The average Bonchev–Trinajstić information content (AvgIpc) is 2.01. The third kappa shape index (κ3) is 2.71. The molecule has 1 aliphatic rings. The number of hydrogen-bond acceptors (Lipinski definition) is 2. The topological polar surface area (TPSA) is 36.1 Å². The lowest BCUT2D eigenvalue weighted by atomic mass is 9.79. The first-order chi connectivity index (χ1) is 6.65. The van der Waals surface area contributed by atoms with Gasteiger partial charge >= 0.3 is 0 Å². The molecule has 0 aromatic heterocycles. The van der Waals surface area contributed by atoms with Crippen LogP contribution in [0.5, 0.6) is 0 Å². The highest BCUT2D eigenvalue weighted by atomic mass is 35.5. The van der Waals surface area contributed by atoms with E-state index < -0.39 is 0 Å². The molecule has 0 aromatic carbocycles. The molecule has 74 valence electrons. The van der Waals surface area contributed by atoms with Gasteiger partial charge in [-0.1, -0.05) is 30.2 Å². The molecule has 0 bridgehead atoms. The highest BCUT2D eigenvalue weighted by molar-refractivity contribution is 6.29. The van der Waals surface area contributed by atoms with Crippen molar-refractivity contribution in [2.24, 2.45) is 10.9 Å². The Kier molecular flexibility index (Phi) is 3.91. The Balaban J connectivity index is 2.78. The van der Waals surface area contributed by atoms with Crippen LogP contribution in [-0.4, -0.2) is 6.21 Å². The predicted molar refractivity (Wildman–Crippen MR) is 59.1 cm³/mol. The zero-order valence-electron chi connectivity index (χ0n) is 8.26. The quantitative estimate of drug-likeness (QED) is 0.398. The molecular weight excluding hydrogens is 196 g/mol. The average molecular weight is 209 g/mol. The van der Waals surface area contributed by atoms with Gasteiger partial charge in [-0.3, -0.25) is 0 Å². The maximum Gasteiger partial charge on any atom is 0.121 e. The van der Waals surface area contributed by atoms with Gasteiger partial charge in [0.15, 0.2) is 0 Å². The van der Waals surface area contributed by atoms with Gasteiger partial charge in [-0.15, -0.1) is 0 Å². The number of rotatable bonds is 3. The van der Waals surface area contributed by atoms with E-state index in [1.165, 1.54) is 25.5 Å². The van der Waals surface area contributed by atoms with Gasteiger partial charge in [0, 0.05) is 6.21 Å². The van der Waals surface area contributed by atoms with Gasteiger partial charge in [0.2, 0.25) is 0 Å². The number of nitrogens with zero attached hydrogens (tertiary/aromatic N) is 2. The summed E-state index contributed by atoms with van der Waals surface area (Å²) in [5.41, 5.74) is 1.75. The highest BCUT2D eigenvalue weighted by Gasteiger charge is 2.20. The molecule has 1 aliphatic carbocycles. The lowest BCUT2D eigenvalue weighted by molar-refractivity contribution is 0.367. The SMILES string of the molecule is C=C(Cl)N=C/C(C#N)=C(\C)C1CCC1. The van der Waals surface area contributed by atoms with Crippen molar-refractivity contribution in [3.63, 3.8) is 0 Å². The Morgan fingerprint density at radius 3 is 2.64 bits per heavy atom. The van der Waals surface area contributed by atoms with Gasteiger partial charge in [0.25, 0.3) is 0 Å². The standard InChI is InChI=1S/C11H13ClN2/c1-8(10-4-3-5-10)11(6-13)7-14-9(2)12/h7,10H,2-5H2,1H3/b11-8+,14-7?. The molecule has 0 N–H and O–H groups in total. The Morgan fingerprint density at radius 1 is 1.64 bits per heavy atom. The number of nitriles is 1. The summed E-state index contributed by atoms with van der Waals surface area (Å²) in [6.45, 7) is 5.43. The Morgan fingerprint density at radius 2 is 2.29 bits per heavy atom. The van der Waals surface area contributed by atoms with Crippen LogP contribution in [0.1, 0.15) is 26.2 Å². The molecule has 3 heteroatoms. The van der Waals surface area contributed by atoms with E-state index in [0.29, 0.717) is 11.5 Å². The number of halogens is 1. The maximum atomic E-state index is 8.91. The van der Waals surface area contributed by atoms with Crippen molar-refractivity contribution in [1.29, 1.82) is 5.26 Å². The van der Waals surface area contributed by atoms with Crippen LogP contribution in [0.2, 0.25) is 0 Å². The van der Waals surface area contributed by atoms with Gasteiger partial charge < -0.3 is 0 Å². The van der Waals surface area contributed by atoms with Gasteiger partial charge in [-0.05, 0) is 25.7 Å². The van der Waals surface area contributed by atoms with Gasteiger partial charge in [0.1, 0.15) is 11.2 Å². The minimum Gasteiger partial charge on any atom is -0.244 e. The summed E-state index contributed by atoms with van der Waals surface area (Å²) in [5.74, 6) is 0.569. The first-order valence-corrected chi connectivity index (χ1v) is 5.02. The fraction of sp³-hybridized carbons (Fsp3) is 0.455. The lowest BCUT2D eigenvalue weighted by Gasteiger charge is -2.26. The highest BCUT2D eigenvalue weighted by Crippen LogP contribution is 2.33. The molecular formula is C11H13ClN2. The molecule has 1 saturated carbocycles. The molecule has 0 unspecified atom stereocenters. The first kappa shape index (κ1) is 11.0. The van der Waals surface area contributed by atoms with Gasteiger partial charge in [-0.2, -0.15) is 5.26 Å². The zero-order chi connectivity index (χ0) is 10.6. The Bertz CT molecular complexity index is 330. The normalized spacial score (nSPS) is 18.6. The van der Waals surface area contributed by atoms with Crippen molar-refractivity contribution in [3.05, 3.63) is 22.9 Å². The van der Waals surface area contributed by atoms with Crippen molar-refractivity contribution in [1.82, 2.24) is 0 Å². The maximum absolute atomic E-state index is 8.91. The minimum absolute atomic E-state index is 0.208. The molecule has 1 fully saturated rings.